The monoisotopic (exact) mass is 582 g/mol. The van der Waals surface area contributed by atoms with E-state index in [0.717, 1.165) is 34.1 Å². The molecule has 210 valence electrons. The molecule has 4 aliphatic heterocycles. The normalized spacial score (nSPS) is 15.6. The van der Waals surface area contributed by atoms with Crippen molar-refractivity contribution in [2.24, 2.45) is 0 Å². The van der Waals surface area contributed by atoms with Gasteiger partial charge in [0.05, 0.1) is 17.1 Å². The maximum Gasteiger partial charge on any atom is 0.492 e. The minimum absolute atomic E-state index is 0.369. The molecule has 45 heavy (non-hydrogen) atoms. The van der Waals surface area contributed by atoms with E-state index in [1.807, 2.05) is 18.2 Å². The molecule has 1 saturated heterocycles. The third-order valence-corrected chi connectivity index (χ3v) is 8.75. The number of aromatic nitrogens is 6. The summed E-state index contributed by atoms with van der Waals surface area (Å²) < 4.78 is 7.26. The quantitative estimate of drug-likeness (QED) is 0.279. The van der Waals surface area contributed by atoms with Crippen molar-refractivity contribution < 1.29 is 0 Å². The first-order valence-electron chi connectivity index (χ1n) is 14.7. The molecule has 3 aromatic carbocycles. The smallest absolute Gasteiger partial charge is 0.382 e. The van der Waals surface area contributed by atoms with Crippen molar-refractivity contribution >= 4 is 73.3 Å². The molecule has 0 unspecified atom stereocenters. The zero-order chi connectivity index (χ0) is 29.5. The van der Waals surface area contributed by atoms with Crippen LogP contribution in [0.2, 0.25) is 0 Å². The second kappa shape index (κ2) is 9.20. The van der Waals surface area contributed by atoms with Crippen molar-refractivity contribution in [3.8, 4) is 0 Å². The Kier molecular flexibility index (Phi) is 4.98. The molecule has 0 amide bonds. The maximum atomic E-state index is 4.77. The van der Waals surface area contributed by atoms with E-state index in [2.05, 4.69) is 101 Å². The molecular formula is C30H21B3N12. The molecule has 1 fully saturated rings. The van der Waals surface area contributed by atoms with Crippen LogP contribution in [0.4, 0.5) is 52.0 Å². The molecule has 3 aromatic heterocycles. The molecule has 0 radical (unpaired) electrons. The SMILES string of the molecule is c1cnc(N2B3N(B4N(B5N3c3ccccc3N5c3ncccn3)c3ccccc3N4c3ncccn3)c3ccccc32)nc1. The second-order valence-electron chi connectivity index (χ2n) is 11.0. The van der Waals surface area contributed by atoms with Crippen molar-refractivity contribution in [3.63, 3.8) is 0 Å². The van der Waals surface area contributed by atoms with Gasteiger partial charge in [0.25, 0.3) is 0 Å². The van der Waals surface area contributed by atoms with Crippen LogP contribution < -0.4 is 28.6 Å². The number of rotatable bonds is 3. The number of hydrogen-bond acceptors (Lipinski definition) is 12. The number of hydrogen-bond donors (Lipinski definition) is 0. The largest absolute Gasteiger partial charge is 0.492 e. The van der Waals surface area contributed by atoms with Crippen LogP contribution in [-0.2, 0) is 0 Å². The lowest BCUT2D eigenvalue weighted by Gasteiger charge is -2.50. The Bertz CT molecular complexity index is 1810. The van der Waals surface area contributed by atoms with E-state index in [1.165, 1.54) is 0 Å². The van der Waals surface area contributed by atoms with Crippen molar-refractivity contribution in [2.45, 2.75) is 0 Å². The Morgan fingerprint density at radius 3 is 0.822 bits per heavy atom. The predicted molar refractivity (Wildman–Crippen MR) is 177 cm³/mol. The van der Waals surface area contributed by atoms with Crippen LogP contribution in [0.3, 0.4) is 0 Å². The summed E-state index contributed by atoms with van der Waals surface area (Å²) in [5.74, 6) is 1.82. The van der Waals surface area contributed by atoms with Crippen LogP contribution in [0.1, 0.15) is 0 Å². The van der Waals surface area contributed by atoms with Crippen LogP contribution in [-0.4, -0.2) is 51.3 Å². The standard InChI is InChI=1S/C30H21B3N12/c1-4-13-25-22(10-1)40(28-34-16-7-17-35-28)31-43(25)32-41(29-36-18-8-19-37-29)24-12-3-6-15-27(24)45(32)33-42(30-38-20-9-21-39-30)23-11-2-5-14-26(23)44(31)33/h1-21H. The van der Waals surface area contributed by atoms with E-state index in [4.69, 9.17) is 29.9 Å². The van der Waals surface area contributed by atoms with Gasteiger partial charge in [-0.15, -0.1) is 0 Å². The molecule has 15 heteroatoms. The summed E-state index contributed by atoms with van der Waals surface area (Å²) in [5.41, 5.74) is 6.15. The summed E-state index contributed by atoms with van der Waals surface area (Å²) in [6.07, 6.45) is 10.7. The Morgan fingerprint density at radius 1 is 0.311 bits per heavy atom. The van der Waals surface area contributed by atoms with Crippen LogP contribution in [0, 0.1) is 0 Å². The van der Waals surface area contributed by atoms with Crippen molar-refractivity contribution in [2.75, 3.05) is 28.6 Å². The first kappa shape index (κ1) is 24.3. The Balaban J connectivity index is 1.30. The minimum atomic E-state index is -0.369. The van der Waals surface area contributed by atoms with Gasteiger partial charge in [0.15, 0.2) is 0 Å². The van der Waals surface area contributed by atoms with E-state index in [0.29, 0.717) is 17.8 Å². The van der Waals surface area contributed by atoms with E-state index < -0.39 is 0 Å². The second-order valence-corrected chi connectivity index (χ2v) is 11.0. The van der Waals surface area contributed by atoms with Gasteiger partial charge in [-0.2, -0.15) is 0 Å². The number of fused-ring (bicyclic) bond motifs is 12. The lowest BCUT2D eigenvalue weighted by molar-refractivity contribution is 1.09. The van der Waals surface area contributed by atoms with Gasteiger partial charge >= 0.3 is 21.4 Å². The average molecular weight is 582 g/mol. The topological polar surface area (TPSA) is 96.8 Å². The van der Waals surface area contributed by atoms with Gasteiger partial charge in [-0.3, -0.25) is 0 Å². The van der Waals surface area contributed by atoms with E-state index in [9.17, 15) is 0 Å². The molecule has 0 bridgehead atoms. The Hall–Kier alpha value is -6.11. The van der Waals surface area contributed by atoms with E-state index >= 15 is 0 Å². The summed E-state index contributed by atoms with van der Waals surface area (Å²) >= 11 is 0. The molecule has 7 heterocycles. The zero-order valence-electron chi connectivity index (χ0n) is 23.7. The summed E-state index contributed by atoms with van der Waals surface area (Å²) in [7, 11) is -1.11. The molecule has 4 aliphatic rings. The number of anilines is 9. The van der Waals surface area contributed by atoms with Crippen molar-refractivity contribution in [1.29, 1.82) is 0 Å². The molecule has 6 aromatic rings. The van der Waals surface area contributed by atoms with Crippen LogP contribution in [0.5, 0.6) is 0 Å². The molecule has 0 saturated carbocycles. The lowest BCUT2D eigenvalue weighted by Crippen LogP contribution is -2.84. The summed E-state index contributed by atoms with van der Waals surface area (Å²) in [4.78, 5) is 35.3. The summed E-state index contributed by atoms with van der Waals surface area (Å²) in [5, 5.41) is 0. The van der Waals surface area contributed by atoms with Gasteiger partial charge in [0, 0.05) is 54.2 Å². The van der Waals surface area contributed by atoms with Gasteiger partial charge in [-0.05, 0) is 54.6 Å². The lowest BCUT2D eigenvalue weighted by atomic mass is 9.56. The fourth-order valence-corrected chi connectivity index (χ4v) is 7.16. The third kappa shape index (κ3) is 3.23. The molecule has 0 atom stereocenters. The van der Waals surface area contributed by atoms with Crippen molar-refractivity contribution in [1.82, 2.24) is 29.9 Å². The van der Waals surface area contributed by atoms with E-state index in [-0.39, 0.29) is 21.4 Å². The highest BCUT2D eigenvalue weighted by Crippen LogP contribution is 2.56. The number of nitrogens with zero attached hydrogens (tertiary/aromatic N) is 12. The average Bonchev–Trinajstić information content (AvgIpc) is 3.75. The van der Waals surface area contributed by atoms with Gasteiger partial charge in [-0.1, -0.05) is 36.4 Å². The first-order valence-corrected chi connectivity index (χ1v) is 14.7. The van der Waals surface area contributed by atoms with Crippen LogP contribution in [0.15, 0.2) is 128 Å². The summed E-state index contributed by atoms with van der Waals surface area (Å²) in [6.45, 7) is 0. The van der Waals surface area contributed by atoms with Crippen LogP contribution in [0.25, 0.3) is 0 Å². The fraction of sp³-hybridized carbons (Fsp3) is 0. The number of benzene rings is 3. The highest BCUT2D eigenvalue weighted by molar-refractivity contribution is 7.11. The molecule has 0 aliphatic carbocycles. The van der Waals surface area contributed by atoms with Gasteiger partial charge in [-0.25, -0.2) is 29.9 Å². The van der Waals surface area contributed by atoms with Crippen LogP contribution >= 0.6 is 0 Å². The fourth-order valence-electron chi connectivity index (χ4n) is 7.16. The molecule has 0 spiro atoms. The predicted octanol–water partition coefficient (Wildman–Crippen LogP) is 4.30. The highest BCUT2D eigenvalue weighted by atomic mass is 15.6. The molecule has 12 nitrogen and oxygen atoms in total. The summed E-state index contributed by atoms with van der Waals surface area (Å²) in [6, 6.07) is 30.8. The Morgan fingerprint density at radius 2 is 0.556 bits per heavy atom. The maximum absolute atomic E-state index is 4.77. The van der Waals surface area contributed by atoms with Gasteiger partial charge in [0.1, 0.15) is 0 Å². The highest BCUT2D eigenvalue weighted by Gasteiger charge is 2.70. The molecule has 0 N–H and O–H groups in total. The molecule has 10 rings (SSSR count). The van der Waals surface area contributed by atoms with E-state index in [1.54, 1.807) is 37.2 Å². The minimum Gasteiger partial charge on any atom is -0.382 e. The number of para-hydroxylation sites is 6. The van der Waals surface area contributed by atoms with Crippen molar-refractivity contribution in [3.05, 3.63) is 128 Å². The Labute approximate surface area is 259 Å². The first-order chi connectivity index (χ1) is 22.4. The van der Waals surface area contributed by atoms with Gasteiger partial charge in [0.2, 0.25) is 17.8 Å². The third-order valence-electron chi connectivity index (χ3n) is 8.75. The molecular weight excluding hydrogens is 561 g/mol. The van der Waals surface area contributed by atoms with Gasteiger partial charge < -0.3 is 28.6 Å². The zero-order valence-corrected chi connectivity index (χ0v) is 23.7.